The van der Waals surface area contributed by atoms with E-state index in [9.17, 15) is 25.2 Å². The van der Waals surface area contributed by atoms with Gasteiger partial charge in [-0.3, -0.25) is 0 Å². The minimum Gasteiger partial charge on any atom is -0.394 e. The molecule has 7 heteroatoms. The Morgan fingerprint density at radius 3 is 2.38 bits per heavy atom. The lowest BCUT2D eigenvalue weighted by molar-refractivity contribution is -0.316. The molecule has 0 aromatic heterocycles. The zero-order valence-electron chi connectivity index (χ0n) is 16.2. The summed E-state index contributed by atoms with van der Waals surface area (Å²) in [5, 5.41) is 39.2. The van der Waals surface area contributed by atoms with Crippen LogP contribution in [0.1, 0.15) is 53.4 Å². The maximum Gasteiger partial charge on any atom is 0.186 e. The minimum absolute atomic E-state index is 0.0358. The molecule has 0 aromatic carbocycles. The van der Waals surface area contributed by atoms with Crippen molar-refractivity contribution in [3.05, 3.63) is 0 Å². The second-order valence-corrected chi connectivity index (χ2v) is 8.71. The van der Waals surface area contributed by atoms with E-state index < -0.39 is 37.3 Å². The van der Waals surface area contributed by atoms with Crippen LogP contribution in [0.3, 0.4) is 0 Å². The highest BCUT2D eigenvalue weighted by Crippen LogP contribution is 2.47. The van der Waals surface area contributed by atoms with Crippen LogP contribution in [0.4, 0.5) is 0 Å². The highest BCUT2D eigenvalue weighted by atomic mass is 16.7. The van der Waals surface area contributed by atoms with Crippen molar-refractivity contribution in [2.45, 2.75) is 90.2 Å². The van der Waals surface area contributed by atoms with Crippen molar-refractivity contribution >= 4 is 5.78 Å². The largest absolute Gasteiger partial charge is 0.394 e. The van der Waals surface area contributed by atoms with Crippen molar-refractivity contribution < 1.29 is 34.7 Å². The fourth-order valence-corrected chi connectivity index (χ4v) is 4.68. The molecule has 1 aliphatic heterocycles. The summed E-state index contributed by atoms with van der Waals surface area (Å²) in [5.74, 6) is 0.946. The number of Topliss-reactive ketones (excluding diaryl/α,β-unsaturated/α-hetero) is 1. The Bertz CT molecular complexity index is 479. The Kier molecular flexibility index (Phi) is 7.21. The molecule has 0 bridgehead atoms. The first-order valence-corrected chi connectivity index (χ1v) is 9.52. The van der Waals surface area contributed by atoms with Gasteiger partial charge in [0.05, 0.1) is 12.7 Å². The van der Waals surface area contributed by atoms with Crippen LogP contribution in [0.2, 0.25) is 0 Å². The lowest BCUT2D eigenvalue weighted by Crippen LogP contribution is -2.60. The summed E-state index contributed by atoms with van der Waals surface area (Å²) < 4.78 is 11.4. The Balaban J connectivity index is 2.01. The monoisotopic (exact) mass is 374 g/mol. The number of carbonyl (C=O) groups is 1. The van der Waals surface area contributed by atoms with Gasteiger partial charge in [-0.2, -0.15) is 0 Å². The van der Waals surface area contributed by atoms with Gasteiger partial charge in [0.15, 0.2) is 6.29 Å². The van der Waals surface area contributed by atoms with E-state index in [0.717, 1.165) is 19.3 Å². The molecule has 7 nitrogen and oxygen atoms in total. The predicted molar refractivity (Wildman–Crippen MR) is 94.2 cm³/mol. The third-order valence-electron chi connectivity index (χ3n) is 6.06. The van der Waals surface area contributed by atoms with Gasteiger partial charge in [-0.25, -0.2) is 0 Å². The summed E-state index contributed by atoms with van der Waals surface area (Å²) >= 11 is 0. The van der Waals surface area contributed by atoms with Crippen LogP contribution in [-0.4, -0.2) is 69.6 Å². The van der Waals surface area contributed by atoms with Crippen LogP contribution in [0, 0.1) is 17.3 Å². The van der Waals surface area contributed by atoms with Crippen molar-refractivity contribution in [1.29, 1.82) is 0 Å². The first-order valence-electron chi connectivity index (χ1n) is 9.52. The minimum atomic E-state index is -1.43. The van der Waals surface area contributed by atoms with Gasteiger partial charge in [0, 0.05) is 6.42 Å². The number of hydrogen-bond acceptors (Lipinski definition) is 7. The third kappa shape index (κ3) is 4.82. The van der Waals surface area contributed by atoms with E-state index in [1.54, 1.807) is 6.92 Å². The van der Waals surface area contributed by atoms with E-state index >= 15 is 0 Å². The first-order chi connectivity index (χ1) is 12.1. The van der Waals surface area contributed by atoms with Gasteiger partial charge in [0.2, 0.25) is 0 Å². The molecule has 2 aliphatic rings. The summed E-state index contributed by atoms with van der Waals surface area (Å²) in [6, 6.07) is 0. The molecule has 0 amide bonds. The van der Waals surface area contributed by atoms with Crippen LogP contribution < -0.4 is 0 Å². The van der Waals surface area contributed by atoms with E-state index in [1.807, 2.05) is 0 Å². The number of aliphatic hydroxyl groups excluding tert-OH is 4. The first kappa shape index (κ1) is 21.7. The molecular weight excluding hydrogens is 340 g/mol. The van der Waals surface area contributed by atoms with Gasteiger partial charge >= 0.3 is 0 Å². The molecule has 152 valence electrons. The highest BCUT2D eigenvalue weighted by Gasteiger charge is 2.47. The average molecular weight is 374 g/mol. The standard InChI is InChI=1S/C19H34O7/c1-10-7-12(8-19(3,4)13(10)6-5-11(2)21)25-18-17(24)16(23)15(22)14(9-20)26-18/h10,12-18,20,22-24H,5-9H2,1-4H3/t10-,12+,13+,14-,15+,16+,17-,18-/m1/s1. The molecule has 26 heavy (non-hydrogen) atoms. The summed E-state index contributed by atoms with van der Waals surface area (Å²) in [4.78, 5) is 11.4. The molecule has 0 unspecified atom stereocenters. The van der Waals surface area contributed by atoms with Crippen LogP contribution in [0.25, 0.3) is 0 Å². The van der Waals surface area contributed by atoms with E-state index in [0.29, 0.717) is 18.3 Å². The van der Waals surface area contributed by atoms with Gasteiger partial charge in [-0.05, 0) is 43.4 Å². The van der Waals surface area contributed by atoms with Crippen molar-refractivity contribution in [1.82, 2.24) is 0 Å². The predicted octanol–water partition coefficient (Wildman–Crippen LogP) is 0.613. The molecule has 0 aromatic rings. The van der Waals surface area contributed by atoms with Crippen LogP contribution in [0.15, 0.2) is 0 Å². The van der Waals surface area contributed by atoms with E-state index in [1.165, 1.54) is 0 Å². The Labute approximate surface area is 155 Å². The summed E-state index contributed by atoms with van der Waals surface area (Å²) in [5.41, 5.74) is -0.0358. The topological polar surface area (TPSA) is 116 Å². The molecule has 1 aliphatic carbocycles. The molecule has 4 N–H and O–H groups in total. The smallest absolute Gasteiger partial charge is 0.186 e. The normalized spacial score (nSPS) is 43.2. The van der Waals surface area contributed by atoms with E-state index in [-0.39, 0.29) is 17.3 Å². The maximum absolute atomic E-state index is 11.4. The maximum atomic E-state index is 11.4. The number of rotatable bonds is 6. The summed E-state index contributed by atoms with van der Waals surface area (Å²) in [6.45, 7) is 7.62. The zero-order valence-corrected chi connectivity index (χ0v) is 16.2. The number of aliphatic hydroxyl groups is 4. The van der Waals surface area contributed by atoms with Gasteiger partial charge < -0.3 is 34.7 Å². The zero-order chi connectivity index (χ0) is 19.6. The molecule has 8 atom stereocenters. The van der Waals surface area contributed by atoms with Crippen LogP contribution >= 0.6 is 0 Å². The Morgan fingerprint density at radius 1 is 1.19 bits per heavy atom. The lowest BCUT2D eigenvalue weighted by Gasteiger charge is -2.48. The number of ketones is 1. The van der Waals surface area contributed by atoms with Crippen molar-refractivity contribution in [2.24, 2.45) is 17.3 Å². The SMILES string of the molecule is CC(=O)CC[C@H]1[C@H](C)C[C@H](O[C@@H]2O[C@H](CO)[C@H](O)[C@H](O)[C@H]2O)CC1(C)C. The van der Waals surface area contributed by atoms with Gasteiger partial charge in [0.1, 0.15) is 30.2 Å². The fraction of sp³-hybridized carbons (Fsp3) is 0.947. The number of carbonyl (C=O) groups excluding carboxylic acids is 1. The Hall–Kier alpha value is -0.570. The van der Waals surface area contributed by atoms with Crippen LogP contribution in [0.5, 0.6) is 0 Å². The molecule has 1 saturated heterocycles. The molecular formula is C19H34O7. The summed E-state index contributed by atoms with van der Waals surface area (Å²) in [6.07, 6.45) is -3.46. The molecule has 1 saturated carbocycles. The second-order valence-electron chi connectivity index (χ2n) is 8.71. The summed E-state index contributed by atoms with van der Waals surface area (Å²) in [7, 11) is 0. The van der Waals surface area contributed by atoms with E-state index in [2.05, 4.69) is 20.8 Å². The molecule has 2 rings (SSSR count). The van der Waals surface area contributed by atoms with Gasteiger partial charge in [-0.1, -0.05) is 20.8 Å². The Morgan fingerprint density at radius 2 is 1.85 bits per heavy atom. The third-order valence-corrected chi connectivity index (χ3v) is 6.06. The fourth-order valence-electron chi connectivity index (χ4n) is 4.68. The number of ether oxygens (including phenoxy) is 2. The molecule has 0 spiro atoms. The van der Waals surface area contributed by atoms with Crippen molar-refractivity contribution in [3.8, 4) is 0 Å². The van der Waals surface area contributed by atoms with Crippen molar-refractivity contribution in [2.75, 3.05) is 6.61 Å². The molecule has 2 fully saturated rings. The second kappa shape index (κ2) is 8.63. The average Bonchev–Trinajstić information content (AvgIpc) is 2.53. The van der Waals surface area contributed by atoms with Crippen molar-refractivity contribution in [3.63, 3.8) is 0 Å². The van der Waals surface area contributed by atoms with Crippen LogP contribution in [-0.2, 0) is 14.3 Å². The molecule has 0 radical (unpaired) electrons. The quantitative estimate of drug-likeness (QED) is 0.538. The highest BCUT2D eigenvalue weighted by molar-refractivity contribution is 5.75. The lowest BCUT2D eigenvalue weighted by atomic mass is 9.61. The number of hydrogen-bond donors (Lipinski definition) is 4. The van der Waals surface area contributed by atoms with Gasteiger partial charge in [-0.15, -0.1) is 0 Å². The molecule has 1 heterocycles. The van der Waals surface area contributed by atoms with Gasteiger partial charge in [0.25, 0.3) is 0 Å². The van der Waals surface area contributed by atoms with E-state index in [4.69, 9.17) is 9.47 Å².